The van der Waals surface area contributed by atoms with Gasteiger partial charge in [-0.25, -0.2) is 10.2 Å². The van der Waals surface area contributed by atoms with Crippen molar-refractivity contribution in [1.82, 2.24) is 5.01 Å². The number of rotatable bonds is 3. The standard InChI is InChI=1S/C17H18FN3/c1-12-2-6-14(7-3-12)16-11-21(19)17(20-16)10-13-4-8-15(18)9-5-13/h2-9,16H,10-11,19H2,1H3. The Morgan fingerprint density at radius 3 is 2.48 bits per heavy atom. The van der Waals surface area contributed by atoms with Gasteiger partial charge in [-0.05, 0) is 30.2 Å². The summed E-state index contributed by atoms with van der Waals surface area (Å²) in [4.78, 5) is 4.71. The van der Waals surface area contributed by atoms with Gasteiger partial charge in [0.2, 0.25) is 0 Å². The molecule has 0 saturated carbocycles. The number of nitrogens with zero attached hydrogens (tertiary/aromatic N) is 2. The summed E-state index contributed by atoms with van der Waals surface area (Å²) in [5.41, 5.74) is 3.41. The van der Waals surface area contributed by atoms with Gasteiger partial charge in [0.1, 0.15) is 11.7 Å². The number of aliphatic imine (C=N–C) groups is 1. The first kappa shape index (κ1) is 13.8. The van der Waals surface area contributed by atoms with E-state index < -0.39 is 0 Å². The topological polar surface area (TPSA) is 41.6 Å². The van der Waals surface area contributed by atoms with Crippen LogP contribution in [0.4, 0.5) is 4.39 Å². The minimum absolute atomic E-state index is 0.0750. The Hall–Kier alpha value is -2.20. The summed E-state index contributed by atoms with van der Waals surface area (Å²) in [5.74, 6) is 6.66. The van der Waals surface area contributed by atoms with E-state index in [1.54, 1.807) is 17.1 Å². The quantitative estimate of drug-likeness (QED) is 0.880. The first-order chi connectivity index (χ1) is 10.1. The molecule has 0 spiro atoms. The lowest BCUT2D eigenvalue weighted by Gasteiger charge is -2.14. The monoisotopic (exact) mass is 283 g/mol. The zero-order chi connectivity index (χ0) is 14.8. The summed E-state index contributed by atoms with van der Waals surface area (Å²) in [6.07, 6.45) is 0.624. The fourth-order valence-corrected chi connectivity index (χ4v) is 2.49. The largest absolute Gasteiger partial charge is 0.296 e. The van der Waals surface area contributed by atoms with E-state index in [2.05, 4.69) is 31.2 Å². The van der Waals surface area contributed by atoms with Gasteiger partial charge in [-0.15, -0.1) is 0 Å². The van der Waals surface area contributed by atoms with Crippen LogP contribution < -0.4 is 5.84 Å². The fraction of sp³-hybridized carbons (Fsp3) is 0.235. The third-order valence-corrected chi connectivity index (χ3v) is 3.74. The van der Waals surface area contributed by atoms with Crippen LogP contribution in [0.2, 0.25) is 0 Å². The highest BCUT2D eigenvalue weighted by molar-refractivity contribution is 5.85. The summed E-state index contributed by atoms with van der Waals surface area (Å²) < 4.78 is 12.9. The van der Waals surface area contributed by atoms with Crippen molar-refractivity contribution in [2.45, 2.75) is 19.4 Å². The Kier molecular flexibility index (Phi) is 3.71. The Balaban J connectivity index is 1.77. The number of benzene rings is 2. The second-order valence-electron chi connectivity index (χ2n) is 5.43. The van der Waals surface area contributed by atoms with E-state index in [9.17, 15) is 4.39 Å². The molecule has 1 atom stereocenters. The number of halogens is 1. The molecular formula is C17H18FN3. The molecule has 108 valence electrons. The maximum Gasteiger partial charge on any atom is 0.123 e. The third-order valence-electron chi connectivity index (χ3n) is 3.74. The molecule has 0 amide bonds. The highest BCUT2D eigenvalue weighted by Crippen LogP contribution is 2.24. The maximum atomic E-state index is 12.9. The average molecular weight is 283 g/mol. The van der Waals surface area contributed by atoms with Crippen molar-refractivity contribution >= 4 is 5.84 Å². The van der Waals surface area contributed by atoms with Crippen LogP contribution in [0.5, 0.6) is 0 Å². The molecule has 2 N–H and O–H groups in total. The zero-order valence-electron chi connectivity index (χ0n) is 12.0. The third kappa shape index (κ3) is 3.11. The van der Waals surface area contributed by atoms with Crippen molar-refractivity contribution in [3.05, 3.63) is 71.0 Å². The van der Waals surface area contributed by atoms with Gasteiger partial charge in [-0.1, -0.05) is 42.0 Å². The van der Waals surface area contributed by atoms with Crippen LogP contribution in [-0.2, 0) is 6.42 Å². The molecule has 1 heterocycles. The minimum Gasteiger partial charge on any atom is -0.296 e. The summed E-state index contributed by atoms with van der Waals surface area (Å²) in [7, 11) is 0. The molecule has 2 aromatic carbocycles. The molecule has 0 bridgehead atoms. The van der Waals surface area contributed by atoms with Crippen LogP contribution in [0.25, 0.3) is 0 Å². The van der Waals surface area contributed by atoms with E-state index >= 15 is 0 Å². The molecule has 3 nitrogen and oxygen atoms in total. The second-order valence-corrected chi connectivity index (χ2v) is 5.43. The zero-order valence-corrected chi connectivity index (χ0v) is 12.0. The van der Waals surface area contributed by atoms with Crippen molar-refractivity contribution in [3.8, 4) is 0 Å². The van der Waals surface area contributed by atoms with E-state index in [0.717, 1.165) is 11.4 Å². The van der Waals surface area contributed by atoms with Gasteiger partial charge in [0.05, 0.1) is 12.6 Å². The smallest absolute Gasteiger partial charge is 0.123 e. The van der Waals surface area contributed by atoms with E-state index in [4.69, 9.17) is 10.8 Å². The first-order valence-electron chi connectivity index (χ1n) is 7.02. The number of aryl methyl sites for hydroxylation is 1. The van der Waals surface area contributed by atoms with Crippen LogP contribution in [0.1, 0.15) is 22.7 Å². The average Bonchev–Trinajstić information content (AvgIpc) is 2.83. The van der Waals surface area contributed by atoms with Gasteiger partial charge in [0, 0.05) is 6.42 Å². The van der Waals surface area contributed by atoms with E-state index in [0.29, 0.717) is 13.0 Å². The van der Waals surface area contributed by atoms with Crippen molar-refractivity contribution in [3.63, 3.8) is 0 Å². The Morgan fingerprint density at radius 1 is 1.14 bits per heavy atom. The first-order valence-corrected chi connectivity index (χ1v) is 7.02. The van der Waals surface area contributed by atoms with E-state index in [-0.39, 0.29) is 11.9 Å². The predicted molar refractivity (Wildman–Crippen MR) is 82.4 cm³/mol. The van der Waals surface area contributed by atoms with Crippen LogP contribution in [0, 0.1) is 12.7 Å². The fourth-order valence-electron chi connectivity index (χ4n) is 2.49. The lowest BCUT2D eigenvalue weighted by Crippen LogP contribution is -2.35. The van der Waals surface area contributed by atoms with Crippen LogP contribution in [0.15, 0.2) is 53.5 Å². The SMILES string of the molecule is Cc1ccc(C2CN(N)C(Cc3ccc(F)cc3)=N2)cc1. The summed E-state index contributed by atoms with van der Waals surface area (Å²) in [6, 6.07) is 14.9. The van der Waals surface area contributed by atoms with Crippen LogP contribution >= 0.6 is 0 Å². The Labute approximate surface area is 123 Å². The molecule has 3 rings (SSSR count). The molecule has 0 fully saturated rings. The summed E-state index contributed by atoms with van der Waals surface area (Å²) >= 11 is 0. The van der Waals surface area contributed by atoms with Crippen molar-refractivity contribution in [1.29, 1.82) is 0 Å². The number of hydrazine groups is 1. The molecule has 0 aromatic heterocycles. The van der Waals surface area contributed by atoms with E-state index in [1.807, 2.05) is 0 Å². The van der Waals surface area contributed by atoms with Gasteiger partial charge < -0.3 is 0 Å². The van der Waals surface area contributed by atoms with Gasteiger partial charge >= 0.3 is 0 Å². The summed E-state index contributed by atoms with van der Waals surface area (Å²) in [6.45, 7) is 2.75. The van der Waals surface area contributed by atoms with Gasteiger partial charge in [0.25, 0.3) is 0 Å². The van der Waals surface area contributed by atoms with Crippen molar-refractivity contribution in [2.24, 2.45) is 10.8 Å². The molecule has 2 aromatic rings. The van der Waals surface area contributed by atoms with Crippen molar-refractivity contribution < 1.29 is 4.39 Å². The Bertz CT molecular complexity index is 647. The number of hydrogen-bond donors (Lipinski definition) is 1. The molecule has 0 saturated heterocycles. The number of amidine groups is 1. The van der Waals surface area contributed by atoms with Gasteiger partial charge in [0.15, 0.2) is 0 Å². The molecular weight excluding hydrogens is 265 g/mol. The van der Waals surface area contributed by atoms with Crippen molar-refractivity contribution in [2.75, 3.05) is 6.54 Å². The minimum atomic E-state index is -0.228. The van der Waals surface area contributed by atoms with Gasteiger partial charge in [-0.2, -0.15) is 0 Å². The molecule has 1 aliphatic rings. The molecule has 21 heavy (non-hydrogen) atoms. The number of nitrogens with two attached hydrogens (primary N) is 1. The molecule has 4 heteroatoms. The highest BCUT2D eigenvalue weighted by atomic mass is 19.1. The maximum absolute atomic E-state index is 12.9. The highest BCUT2D eigenvalue weighted by Gasteiger charge is 2.24. The van der Waals surface area contributed by atoms with Crippen LogP contribution in [0.3, 0.4) is 0 Å². The number of hydrogen-bond acceptors (Lipinski definition) is 3. The van der Waals surface area contributed by atoms with E-state index in [1.165, 1.54) is 23.3 Å². The lowest BCUT2D eigenvalue weighted by molar-refractivity contribution is 0.443. The normalized spacial score (nSPS) is 18.0. The predicted octanol–water partition coefficient (Wildman–Crippen LogP) is 3.01. The molecule has 0 aliphatic carbocycles. The molecule has 1 aliphatic heterocycles. The second kappa shape index (κ2) is 5.66. The summed E-state index contributed by atoms with van der Waals surface area (Å²) in [5, 5.41) is 1.69. The molecule has 1 unspecified atom stereocenters. The van der Waals surface area contributed by atoms with Gasteiger partial charge in [-0.3, -0.25) is 10.0 Å². The Morgan fingerprint density at radius 2 is 1.81 bits per heavy atom. The van der Waals surface area contributed by atoms with Crippen LogP contribution in [-0.4, -0.2) is 17.4 Å². The molecule has 0 radical (unpaired) electrons. The lowest BCUT2D eigenvalue weighted by atomic mass is 10.1.